The van der Waals surface area contributed by atoms with Crippen LogP contribution in [0.15, 0.2) is 71.8 Å². The molecule has 2 fully saturated rings. The molecule has 0 radical (unpaired) electrons. The molecule has 0 atom stereocenters. The number of benzene rings is 2. The summed E-state index contributed by atoms with van der Waals surface area (Å²) in [4.78, 5) is 19.3. The van der Waals surface area contributed by atoms with E-state index in [0.29, 0.717) is 41.5 Å². The lowest BCUT2D eigenvalue weighted by molar-refractivity contribution is -0.133. The van der Waals surface area contributed by atoms with Gasteiger partial charge in [0.25, 0.3) is 5.91 Å². The van der Waals surface area contributed by atoms with E-state index in [4.69, 9.17) is 0 Å². The van der Waals surface area contributed by atoms with Crippen molar-refractivity contribution >= 4 is 15.7 Å². The minimum absolute atomic E-state index is 0.0210. The number of rotatable bonds is 6. The van der Waals surface area contributed by atoms with Gasteiger partial charge in [-0.25, -0.2) is 18.3 Å². The third-order valence-electron chi connectivity index (χ3n) is 7.11. The van der Waals surface area contributed by atoms with E-state index >= 15 is 0 Å². The van der Waals surface area contributed by atoms with Crippen LogP contribution in [0.1, 0.15) is 25.7 Å². The molecule has 2 heterocycles. The van der Waals surface area contributed by atoms with Crippen LogP contribution >= 0.6 is 0 Å². The number of nitrogens with zero attached hydrogens (tertiary/aromatic N) is 2. The topological polar surface area (TPSA) is 99.6 Å². The van der Waals surface area contributed by atoms with Crippen LogP contribution in [0.3, 0.4) is 0 Å². The summed E-state index contributed by atoms with van der Waals surface area (Å²) in [5.74, 6) is -1.22. The fourth-order valence-corrected chi connectivity index (χ4v) is 6.81. The molecule has 2 aliphatic rings. The van der Waals surface area contributed by atoms with Gasteiger partial charge < -0.3 is 4.90 Å². The van der Waals surface area contributed by atoms with Crippen molar-refractivity contribution in [3.63, 3.8) is 0 Å². The Labute approximate surface area is 203 Å². The smallest absolute Gasteiger partial charge is 0.265 e. The highest BCUT2D eigenvalue weighted by Crippen LogP contribution is 2.39. The van der Waals surface area contributed by atoms with Crippen LogP contribution < -0.4 is 5.48 Å². The standard InChI is InChI=1S/C26H26FN3O4S/c27-23-4-2-1-3-22(23)19-7-12-24(28-17-19)18-5-10-21(11-6-18)35(33,34)26(25(31)29-32)13-15-30(16-14-26)20-8-9-20/h1-7,10-12,17,20,32H,8-9,13-16H2,(H,29,31). The maximum atomic E-state index is 14.1. The predicted molar refractivity (Wildman–Crippen MR) is 129 cm³/mol. The summed E-state index contributed by atoms with van der Waals surface area (Å²) in [6, 6.07) is 16.7. The Hall–Kier alpha value is -3.14. The molecule has 9 heteroatoms. The molecule has 5 rings (SSSR count). The quantitative estimate of drug-likeness (QED) is 0.398. The van der Waals surface area contributed by atoms with Gasteiger partial charge in [0.15, 0.2) is 14.6 Å². The minimum Gasteiger partial charge on any atom is -0.300 e. The highest BCUT2D eigenvalue weighted by molar-refractivity contribution is 7.93. The fourth-order valence-electron chi connectivity index (χ4n) is 4.86. The number of hydrogen-bond donors (Lipinski definition) is 2. The number of halogens is 1. The third kappa shape index (κ3) is 4.24. The van der Waals surface area contributed by atoms with E-state index in [1.54, 1.807) is 54.1 Å². The predicted octanol–water partition coefficient (Wildman–Crippen LogP) is 3.83. The zero-order valence-corrected chi connectivity index (χ0v) is 19.8. The highest BCUT2D eigenvalue weighted by atomic mass is 32.2. The molecule has 1 saturated carbocycles. The average molecular weight is 496 g/mol. The van der Waals surface area contributed by atoms with Gasteiger partial charge >= 0.3 is 0 Å². The summed E-state index contributed by atoms with van der Waals surface area (Å²) in [7, 11) is -4.07. The van der Waals surface area contributed by atoms with Crippen LogP contribution in [0.5, 0.6) is 0 Å². The van der Waals surface area contributed by atoms with Crippen LogP contribution in [0.2, 0.25) is 0 Å². The largest absolute Gasteiger partial charge is 0.300 e. The molecule has 2 aromatic carbocycles. The zero-order chi connectivity index (χ0) is 24.6. The number of pyridine rings is 1. The lowest BCUT2D eigenvalue weighted by Gasteiger charge is -2.39. The summed E-state index contributed by atoms with van der Waals surface area (Å²) in [6.07, 6.45) is 4.02. The van der Waals surface area contributed by atoms with Gasteiger partial charge in [0, 0.05) is 42.0 Å². The second-order valence-electron chi connectivity index (χ2n) is 9.14. The second-order valence-corrected chi connectivity index (χ2v) is 11.4. The number of piperidine rings is 1. The zero-order valence-electron chi connectivity index (χ0n) is 19.0. The summed E-state index contributed by atoms with van der Waals surface area (Å²) < 4.78 is 39.6. The van der Waals surface area contributed by atoms with Gasteiger partial charge in [-0.3, -0.25) is 15.0 Å². The Morgan fingerprint density at radius 3 is 2.23 bits per heavy atom. The SMILES string of the molecule is O=C(NO)C1(S(=O)(=O)c2ccc(-c3ccc(-c4ccccc4F)cn3)cc2)CCN(C2CC2)CC1. The molecule has 1 amide bonds. The Balaban J connectivity index is 1.40. The van der Waals surface area contributed by atoms with Crippen LogP contribution in [0.25, 0.3) is 22.4 Å². The molecule has 0 bridgehead atoms. The number of nitrogens with one attached hydrogen (secondary N) is 1. The number of hydroxylamine groups is 1. The molecule has 1 aromatic heterocycles. The van der Waals surface area contributed by atoms with Gasteiger partial charge in [-0.2, -0.15) is 0 Å². The molecule has 35 heavy (non-hydrogen) atoms. The van der Waals surface area contributed by atoms with E-state index in [1.807, 2.05) is 0 Å². The van der Waals surface area contributed by atoms with Crippen molar-refractivity contribution in [2.24, 2.45) is 0 Å². The number of sulfone groups is 1. The van der Waals surface area contributed by atoms with Gasteiger partial charge in [-0.05, 0) is 49.9 Å². The van der Waals surface area contributed by atoms with Crippen molar-refractivity contribution in [3.05, 3.63) is 72.7 Å². The lowest BCUT2D eigenvalue weighted by Crippen LogP contribution is -2.58. The third-order valence-corrected chi connectivity index (χ3v) is 9.62. The number of carbonyl (C=O) groups is 1. The number of likely N-dealkylation sites (tertiary alicyclic amines) is 1. The van der Waals surface area contributed by atoms with Gasteiger partial charge in [-0.15, -0.1) is 0 Å². The second kappa shape index (κ2) is 9.14. The first kappa shape index (κ1) is 23.6. The van der Waals surface area contributed by atoms with E-state index in [-0.39, 0.29) is 23.6 Å². The minimum atomic E-state index is -4.07. The van der Waals surface area contributed by atoms with E-state index in [0.717, 1.165) is 12.8 Å². The van der Waals surface area contributed by atoms with Gasteiger partial charge in [0.05, 0.1) is 10.6 Å². The molecule has 182 valence electrons. The average Bonchev–Trinajstić information content (AvgIpc) is 3.74. The maximum Gasteiger partial charge on any atom is 0.265 e. The summed E-state index contributed by atoms with van der Waals surface area (Å²) in [5, 5.41) is 9.36. The van der Waals surface area contributed by atoms with Gasteiger partial charge in [0.2, 0.25) is 0 Å². The lowest BCUT2D eigenvalue weighted by atomic mass is 9.94. The first-order chi connectivity index (χ1) is 16.9. The molecular formula is C26H26FN3O4S. The number of hydrogen-bond acceptors (Lipinski definition) is 6. The Kier molecular flexibility index (Phi) is 6.16. The Bertz CT molecular complexity index is 1330. The fraction of sp³-hybridized carbons (Fsp3) is 0.308. The van der Waals surface area contributed by atoms with Crippen LogP contribution in [0.4, 0.5) is 4.39 Å². The van der Waals surface area contributed by atoms with E-state index in [2.05, 4.69) is 9.88 Å². The Morgan fingerprint density at radius 1 is 1.00 bits per heavy atom. The summed E-state index contributed by atoms with van der Waals surface area (Å²) >= 11 is 0. The van der Waals surface area contributed by atoms with Gasteiger partial charge in [0.1, 0.15) is 5.82 Å². The molecule has 7 nitrogen and oxygen atoms in total. The van der Waals surface area contributed by atoms with Crippen molar-refractivity contribution in [2.75, 3.05) is 13.1 Å². The molecule has 1 aliphatic carbocycles. The molecule has 0 spiro atoms. The molecule has 3 aromatic rings. The van der Waals surface area contributed by atoms with Crippen molar-refractivity contribution in [1.29, 1.82) is 0 Å². The van der Waals surface area contributed by atoms with Gasteiger partial charge in [-0.1, -0.05) is 36.4 Å². The molecule has 2 N–H and O–H groups in total. The summed E-state index contributed by atoms with van der Waals surface area (Å²) in [5.41, 5.74) is 3.98. The van der Waals surface area contributed by atoms with Crippen molar-refractivity contribution in [1.82, 2.24) is 15.4 Å². The van der Waals surface area contributed by atoms with Crippen molar-refractivity contribution in [2.45, 2.75) is 41.4 Å². The van der Waals surface area contributed by atoms with E-state index in [9.17, 15) is 22.8 Å². The molecular weight excluding hydrogens is 469 g/mol. The molecule has 0 unspecified atom stereocenters. The van der Waals surface area contributed by atoms with Crippen LogP contribution in [-0.2, 0) is 14.6 Å². The molecule has 1 aliphatic heterocycles. The number of amides is 1. The first-order valence-electron chi connectivity index (χ1n) is 11.6. The van der Waals surface area contributed by atoms with E-state index in [1.165, 1.54) is 18.2 Å². The van der Waals surface area contributed by atoms with Crippen LogP contribution in [0, 0.1) is 5.82 Å². The Morgan fingerprint density at radius 2 is 1.66 bits per heavy atom. The number of carbonyl (C=O) groups excluding carboxylic acids is 1. The highest BCUT2D eigenvalue weighted by Gasteiger charge is 2.53. The van der Waals surface area contributed by atoms with Crippen molar-refractivity contribution in [3.8, 4) is 22.4 Å². The summed E-state index contributed by atoms with van der Waals surface area (Å²) in [6.45, 7) is 0.987. The normalized spacial score (nSPS) is 18.2. The number of aromatic nitrogens is 1. The monoisotopic (exact) mass is 495 g/mol. The van der Waals surface area contributed by atoms with Crippen LogP contribution in [-0.4, -0.2) is 53.3 Å². The maximum absolute atomic E-state index is 14.1. The first-order valence-corrected chi connectivity index (χ1v) is 13.1. The molecule has 1 saturated heterocycles. The van der Waals surface area contributed by atoms with Crippen molar-refractivity contribution < 1.29 is 22.8 Å². The van der Waals surface area contributed by atoms with E-state index < -0.39 is 20.5 Å².